The van der Waals surface area contributed by atoms with Gasteiger partial charge in [0.15, 0.2) is 5.11 Å². The summed E-state index contributed by atoms with van der Waals surface area (Å²) < 4.78 is 35.9. The number of ether oxygens (including phenoxy) is 1. The summed E-state index contributed by atoms with van der Waals surface area (Å²) in [6, 6.07) is 7.55. The first-order valence-electron chi connectivity index (χ1n) is 12.6. The van der Waals surface area contributed by atoms with Crippen LogP contribution in [-0.4, -0.2) is 74.6 Å². The van der Waals surface area contributed by atoms with Crippen LogP contribution in [0.1, 0.15) is 36.7 Å². The molecule has 0 bridgehead atoms. The van der Waals surface area contributed by atoms with Gasteiger partial charge < -0.3 is 19.5 Å². The predicted molar refractivity (Wildman–Crippen MR) is 152 cm³/mol. The third-order valence-corrected chi connectivity index (χ3v) is 8.76. The summed E-state index contributed by atoms with van der Waals surface area (Å²) in [7, 11) is -3.63. The maximum Gasteiger partial charge on any atom is 0.243 e. The summed E-state index contributed by atoms with van der Waals surface area (Å²) in [4.78, 5) is 2.63. The molecule has 0 atom stereocenters. The molecule has 2 fully saturated rings. The molecule has 0 unspecified atom stereocenters. The lowest BCUT2D eigenvalue weighted by molar-refractivity contribution is 0.0730. The van der Waals surface area contributed by atoms with E-state index in [4.69, 9.17) is 17.0 Å². The van der Waals surface area contributed by atoms with E-state index in [9.17, 15) is 8.42 Å². The van der Waals surface area contributed by atoms with Crippen LogP contribution < -0.4 is 15.6 Å². The first-order chi connectivity index (χ1) is 17.7. The monoisotopic (exact) mass is 544 g/mol. The van der Waals surface area contributed by atoms with E-state index in [-0.39, 0.29) is 0 Å². The van der Waals surface area contributed by atoms with Crippen molar-refractivity contribution in [2.45, 2.75) is 38.5 Å². The Morgan fingerprint density at radius 1 is 1.14 bits per heavy atom. The molecular weight excluding hydrogens is 508 g/mol. The lowest BCUT2D eigenvalue weighted by Gasteiger charge is -2.28. The van der Waals surface area contributed by atoms with Gasteiger partial charge in [-0.15, -0.1) is 0 Å². The Morgan fingerprint density at radius 2 is 1.84 bits per heavy atom. The van der Waals surface area contributed by atoms with E-state index in [0.29, 0.717) is 42.9 Å². The number of anilines is 1. The van der Waals surface area contributed by atoms with Gasteiger partial charge in [0.1, 0.15) is 0 Å². The molecule has 0 aliphatic carbocycles. The molecule has 0 spiro atoms. The zero-order valence-corrected chi connectivity index (χ0v) is 23.4. The SMILES string of the molecule is C=C(C)CNC(=S)NN=Cc1cc(C)n(-c2cc(S(=O)(=O)N3CCOCC3)ccc2N2CCCC2)c1C. The van der Waals surface area contributed by atoms with Crippen molar-refractivity contribution in [3.05, 3.63) is 53.4 Å². The second-order valence-electron chi connectivity index (χ2n) is 9.53. The molecule has 1 aromatic heterocycles. The number of rotatable bonds is 8. The molecule has 37 heavy (non-hydrogen) atoms. The lowest BCUT2D eigenvalue weighted by Crippen LogP contribution is -2.40. The normalized spacial score (nSPS) is 16.9. The molecule has 2 saturated heterocycles. The predicted octanol–water partition coefficient (Wildman–Crippen LogP) is 3.09. The summed E-state index contributed by atoms with van der Waals surface area (Å²) in [6.07, 6.45) is 3.98. The van der Waals surface area contributed by atoms with Crippen molar-refractivity contribution in [3.8, 4) is 5.69 Å². The molecule has 3 heterocycles. The molecule has 1 aromatic carbocycles. The highest BCUT2D eigenvalue weighted by atomic mass is 32.2. The van der Waals surface area contributed by atoms with Crippen LogP contribution in [0.5, 0.6) is 0 Å². The van der Waals surface area contributed by atoms with Crippen LogP contribution in [0.3, 0.4) is 0 Å². The van der Waals surface area contributed by atoms with Crippen LogP contribution >= 0.6 is 12.2 Å². The molecule has 4 rings (SSSR count). The maximum absolute atomic E-state index is 13.5. The second kappa shape index (κ2) is 11.8. The van der Waals surface area contributed by atoms with E-state index < -0.39 is 10.0 Å². The van der Waals surface area contributed by atoms with E-state index >= 15 is 0 Å². The Kier molecular flexibility index (Phi) is 8.68. The number of hydrogen-bond donors (Lipinski definition) is 2. The Balaban J connectivity index is 1.68. The zero-order valence-electron chi connectivity index (χ0n) is 21.8. The molecule has 0 saturated carbocycles. The summed E-state index contributed by atoms with van der Waals surface area (Å²) >= 11 is 5.25. The Hall–Kier alpha value is -2.73. The highest BCUT2D eigenvalue weighted by molar-refractivity contribution is 7.89. The van der Waals surface area contributed by atoms with Gasteiger partial charge in [-0.2, -0.15) is 9.41 Å². The highest BCUT2D eigenvalue weighted by Gasteiger charge is 2.28. The molecule has 2 aliphatic heterocycles. The van der Waals surface area contributed by atoms with E-state index in [0.717, 1.165) is 59.8 Å². The van der Waals surface area contributed by atoms with Gasteiger partial charge in [-0.3, -0.25) is 5.43 Å². The maximum atomic E-state index is 13.5. The van der Waals surface area contributed by atoms with E-state index in [2.05, 4.69) is 31.9 Å². The fourth-order valence-corrected chi connectivity index (χ4v) is 6.28. The van der Waals surface area contributed by atoms with Crippen LogP contribution in [0.2, 0.25) is 0 Å². The first-order valence-corrected chi connectivity index (χ1v) is 14.4. The van der Waals surface area contributed by atoms with Crippen LogP contribution in [0.25, 0.3) is 5.69 Å². The first kappa shape index (κ1) is 27.3. The standard InChI is InChI=1S/C26H36N6O3S2/c1-19(2)17-27-26(36)29-28-18-22-15-20(3)32(21(22)4)25-16-23(7-8-24(25)30-9-5-6-10-30)37(33,34)31-11-13-35-14-12-31/h7-8,15-16,18H,1,5-6,9-14,17H2,2-4H3,(H2,27,29,36). The number of benzene rings is 1. The highest BCUT2D eigenvalue weighted by Crippen LogP contribution is 2.34. The minimum Gasteiger partial charge on any atom is -0.379 e. The third-order valence-electron chi connectivity index (χ3n) is 6.63. The fraction of sp³-hybridized carbons (Fsp3) is 0.462. The van der Waals surface area contributed by atoms with E-state index in [1.165, 1.54) is 4.31 Å². The van der Waals surface area contributed by atoms with Gasteiger partial charge in [-0.05, 0) is 70.1 Å². The summed E-state index contributed by atoms with van der Waals surface area (Å²) in [5.74, 6) is 0. The van der Waals surface area contributed by atoms with Crippen molar-refractivity contribution in [3.63, 3.8) is 0 Å². The molecule has 200 valence electrons. The Bertz CT molecular complexity index is 1290. The number of aromatic nitrogens is 1. The summed E-state index contributed by atoms with van der Waals surface area (Å²) in [6.45, 7) is 13.9. The summed E-state index contributed by atoms with van der Waals surface area (Å²) in [5, 5.41) is 7.76. The van der Waals surface area contributed by atoms with E-state index in [1.54, 1.807) is 12.3 Å². The molecular formula is C26H36N6O3S2. The molecule has 2 aliphatic rings. The molecule has 2 N–H and O–H groups in total. The number of morpholine rings is 1. The Labute approximate surface area is 225 Å². The van der Waals surface area contributed by atoms with E-state index in [1.807, 2.05) is 39.0 Å². The van der Waals surface area contributed by atoms with Crippen LogP contribution in [-0.2, 0) is 14.8 Å². The molecule has 0 radical (unpaired) electrons. The molecule has 2 aromatic rings. The number of aryl methyl sites for hydroxylation is 1. The molecule has 11 heteroatoms. The van der Waals surface area contributed by atoms with Crippen molar-refractivity contribution < 1.29 is 13.2 Å². The molecule has 9 nitrogen and oxygen atoms in total. The third kappa shape index (κ3) is 6.23. The minimum atomic E-state index is -3.63. The smallest absolute Gasteiger partial charge is 0.243 e. The Morgan fingerprint density at radius 3 is 2.51 bits per heavy atom. The van der Waals surface area contributed by atoms with Crippen molar-refractivity contribution in [1.29, 1.82) is 0 Å². The van der Waals surface area contributed by atoms with Gasteiger partial charge in [-0.1, -0.05) is 12.2 Å². The van der Waals surface area contributed by atoms with Gasteiger partial charge in [0.2, 0.25) is 10.0 Å². The van der Waals surface area contributed by atoms with Crippen LogP contribution in [0, 0.1) is 13.8 Å². The second-order valence-corrected chi connectivity index (χ2v) is 11.9. The molecule has 0 amide bonds. The topological polar surface area (TPSA) is 91.2 Å². The number of sulfonamides is 1. The zero-order chi connectivity index (χ0) is 26.6. The van der Waals surface area contributed by atoms with Crippen molar-refractivity contribution in [1.82, 2.24) is 19.6 Å². The average molecular weight is 545 g/mol. The van der Waals surface area contributed by atoms with Gasteiger partial charge in [0.05, 0.1) is 35.7 Å². The average Bonchev–Trinajstić information content (AvgIpc) is 3.51. The number of nitrogens with zero attached hydrogens (tertiary/aromatic N) is 4. The number of nitrogens with one attached hydrogen (secondary N) is 2. The number of hydrazone groups is 1. The van der Waals surface area contributed by atoms with Gasteiger partial charge in [-0.25, -0.2) is 8.42 Å². The number of hydrogen-bond acceptors (Lipinski definition) is 6. The van der Waals surface area contributed by atoms with Crippen molar-refractivity contribution >= 4 is 39.3 Å². The van der Waals surface area contributed by atoms with Crippen LogP contribution in [0.4, 0.5) is 5.69 Å². The summed E-state index contributed by atoms with van der Waals surface area (Å²) in [5.41, 5.74) is 8.58. The van der Waals surface area contributed by atoms with Crippen molar-refractivity contribution in [2.24, 2.45) is 5.10 Å². The van der Waals surface area contributed by atoms with Gasteiger partial charge in [0.25, 0.3) is 0 Å². The van der Waals surface area contributed by atoms with Gasteiger partial charge in [0, 0.05) is 49.7 Å². The number of thiocarbonyl (C=S) groups is 1. The largest absolute Gasteiger partial charge is 0.379 e. The van der Waals surface area contributed by atoms with Gasteiger partial charge >= 0.3 is 0 Å². The minimum absolute atomic E-state index is 0.297. The van der Waals surface area contributed by atoms with Crippen molar-refractivity contribution in [2.75, 3.05) is 50.8 Å². The quantitative estimate of drug-likeness (QED) is 0.228. The van der Waals surface area contributed by atoms with Crippen LogP contribution in [0.15, 0.2) is 46.4 Å². The fourth-order valence-electron chi connectivity index (χ4n) is 4.72. The lowest BCUT2D eigenvalue weighted by atomic mass is 10.2.